The van der Waals surface area contributed by atoms with Gasteiger partial charge in [-0.15, -0.1) is 0 Å². The monoisotopic (exact) mass is 389 g/mol. The first-order valence-corrected chi connectivity index (χ1v) is 9.64. The molecule has 0 spiro atoms. The molecule has 0 aromatic heterocycles. The van der Waals surface area contributed by atoms with Gasteiger partial charge in [-0.1, -0.05) is 35.9 Å². The number of carbonyl (C=O) groups is 1. The minimum absolute atomic E-state index is 0.0151. The lowest BCUT2D eigenvalue weighted by Gasteiger charge is -2.36. The maximum Gasteiger partial charge on any atom is 0.234 e. The molecule has 3 rings (SSSR count). The summed E-state index contributed by atoms with van der Waals surface area (Å²) in [6.07, 6.45) is 0.500. The van der Waals surface area contributed by atoms with Crippen molar-refractivity contribution in [3.8, 4) is 0 Å². The molecule has 27 heavy (non-hydrogen) atoms. The summed E-state index contributed by atoms with van der Waals surface area (Å²) in [6, 6.07) is 12.6. The Bertz CT molecular complexity index is 791. The first kappa shape index (κ1) is 19.6. The van der Waals surface area contributed by atoms with Crippen LogP contribution in [0.4, 0.5) is 10.1 Å². The van der Waals surface area contributed by atoms with Gasteiger partial charge in [-0.2, -0.15) is 0 Å². The number of hydrogen-bond acceptors (Lipinski definition) is 3. The van der Waals surface area contributed by atoms with Gasteiger partial charge in [-0.25, -0.2) is 4.39 Å². The topological polar surface area (TPSA) is 35.6 Å². The summed E-state index contributed by atoms with van der Waals surface area (Å²) in [6.45, 7) is 6.29. The van der Waals surface area contributed by atoms with Gasteiger partial charge < -0.3 is 10.2 Å². The number of anilines is 1. The van der Waals surface area contributed by atoms with Gasteiger partial charge in [0.05, 0.1) is 6.54 Å². The predicted octanol–water partition coefficient (Wildman–Crippen LogP) is 3.27. The van der Waals surface area contributed by atoms with Gasteiger partial charge in [0, 0.05) is 43.4 Å². The predicted molar refractivity (Wildman–Crippen MR) is 108 cm³/mol. The first-order valence-electron chi connectivity index (χ1n) is 9.26. The fourth-order valence-corrected chi connectivity index (χ4v) is 3.53. The molecule has 1 aliphatic heterocycles. The van der Waals surface area contributed by atoms with Crippen LogP contribution in [0.2, 0.25) is 5.02 Å². The standard InChI is InChI=1S/C21H25ClFN3O/c1-16-6-7-18(22)14-20(16)26-12-10-25(11-13-26)15-21(27)24-9-8-17-4-2-3-5-19(17)23/h2-7,14H,8-13,15H2,1H3,(H,24,27). The SMILES string of the molecule is Cc1ccc(Cl)cc1N1CCN(CC(=O)NCCc2ccccc2F)CC1. The van der Waals surface area contributed by atoms with Crippen LogP contribution in [0.25, 0.3) is 0 Å². The third-order valence-corrected chi connectivity index (χ3v) is 5.16. The van der Waals surface area contributed by atoms with E-state index in [1.54, 1.807) is 18.2 Å². The average Bonchev–Trinajstić information content (AvgIpc) is 2.66. The number of halogens is 2. The Morgan fingerprint density at radius 1 is 1.15 bits per heavy atom. The Morgan fingerprint density at radius 2 is 1.89 bits per heavy atom. The summed E-state index contributed by atoms with van der Waals surface area (Å²) < 4.78 is 13.6. The van der Waals surface area contributed by atoms with Crippen LogP contribution in [0.1, 0.15) is 11.1 Å². The van der Waals surface area contributed by atoms with Crippen molar-refractivity contribution in [1.82, 2.24) is 10.2 Å². The first-order chi connectivity index (χ1) is 13.0. The van der Waals surface area contributed by atoms with Crippen LogP contribution in [-0.2, 0) is 11.2 Å². The molecular formula is C21H25ClFN3O. The van der Waals surface area contributed by atoms with Gasteiger partial charge in [-0.3, -0.25) is 9.69 Å². The molecule has 1 amide bonds. The largest absolute Gasteiger partial charge is 0.369 e. The van der Waals surface area contributed by atoms with Crippen LogP contribution in [0, 0.1) is 12.7 Å². The highest BCUT2D eigenvalue weighted by Gasteiger charge is 2.20. The van der Waals surface area contributed by atoms with Crippen LogP contribution in [0.15, 0.2) is 42.5 Å². The number of rotatable bonds is 6. The molecule has 1 fully saturated rings. The fourth-order valence-electron chi connectivity index (χ4n) is 3.37. The van der Waals surface area contributed by atoms with E-state index >= 15 is 0 Å². The number of hydrogen-bond donors (Lipinski definition) is 1. The summed E-state index contributed by atoms with van der Waals surface area (Å²) in [5.41, 5.74) is 3.00. The van der Waals surface area contributed by atoms with Crippen LogP contribution in [-0.4, -0.2) is 50.1 Å². The Kier molecular flexibility index (Phi) is 6.69. The number of nitrogens with one attached hydrogen (secondary N) is 1. The maximum atomic E-state index is 13.6. The molecule has 0 bridgehead atoms. The Morgan fingerprint density at radius 3 is 2.63 bits per heavy atom. The zero-order chi connectivity index (χ0) is 19.2. The summed E-state index contributed by atoms with van der Waals surface area (Å²) in [4.78, 5) is 16.6. The molecule has 2 aromatic carbocycles. The van der Waals surface area contributed by atoms with Crippen molar-refractivity contribution < 1.29 is 9.18 Å². The summed E-state index contributed by atoms with van der Waals surface area (Å²) in [5, 5.41) is 3.63. The molecule has 1 aliphatic rings. The van der Waals surface area contributed by atoms with Gasteiger partial charge in [0.1, 0.15) is 5.82 Å². The lowest BCUT2D eigenvalue weighted by atomic mass is 10.1. The van der Waals surface area contributed by atoms with E-state index in [1.807, 2.05) is 18.2 Å². The van der Waals surface area contributed by atoms with Crippen LogP contribution in [0.3, 0.4) is 0 Å². The van der Waals surface area contributed by atoms with E-state index in [0.29, 0.717) is 25.1 Å². The zero-order valence-corrected chi connectivity index (χ0v) is 16.3. The van der Waals surface area contributed by atoms with Crippen molar-refractivity contribution in [2.45, 2.75) is 13.3 Å². The third-order valence-electron chi connectivity index (χ3n) is 4.93. The summed E-state index contributed by atoms with van der Waals surface area (Å²) >= 11 is 6.12. The van der Waals surface area contributed by atoms with E-state index in [2.05, 4.69) is 22.0 Å². The Labute approximate surface area is 164 Å². The molecule has 0 radical (unpaired) electrons. The minimum Gasteiger partial charge on any atom is -0.369 e. The second-order valence-electron chi connectivity index (χ2n) is 6.89. The van der Waals surface area contributed by atoms with Crippen LogP contribution >= 0.6 is 11.6 Å². The number of benzene rings is 2. The van der Waals surface area contributed by atoms with Crippen molar-refractivity contribution >= 4 is 23.2 Å². The number of amides is 1. The van der Waals surface area contributed by atoms with Crippen molar-refractivity contribution in [2.75, 3.05) is 44.2 Å². The molecule has 6 heteroatoms. The van der Waals surface area contributed by atoms with Crippen molar-refractivity contribution in [1.29, 1.82) is 0 Å². The molecule has 1 N–H and O–H groups in total. The van der Waals surface area contributed by atoms with E-state index in [9.17, 15) is 9.18 Å². The molecule has 0 aliphatic carbocycles. The van der Waals surface area contributed by atoms with Gasteiger partial charge in [-0.05, 0) is 42.7 Å². The van der Waals surface area contributed by atoms with E-state index in [-0.39, 0.29) is 11.7 Å². The Balaban J connectivity index is 1.41. The van der Waals surface area contributed by atoms with E-state index in [1.165, 1.54) is 11.6 Å². The quantitative estimate of drug-likeness (QED) is 0.823. The molecule has 2 aromatic rings. The normalized spacial score (nSPS) is 15.0. The summed E-state index contributed by atoms with van der Waals surface area (Å²) in [5.74, 6) is -0.238. The Hall–Kier alpha value is -2.11. The molecule has 144 valence electrons. The van der Waals surface area contributed by atoms with Crippen molar-refractivity contribution in [2.24, 2.45) is 0 Å². The third kappa shape index (κ3) is 5.44. The smallest absolute Gasteiger partial charge is 0.234 e. The van der Waals surface area contributed by atoms with Crippen molar-refractivity contribution in [3.05, 3.63) is 64.4 Å². The summed E-state index contributed by atoms with van der Waals surface area (Å²) in [7, 11) is 0. The van der Waals surface area contributed by atoms with Gasteiger partial charge in [0.15, 0.2) is 0 Å². The number of aryl methyl sites for hydroxylation is 1. The van der Waals surface area contributed by atoms with Crippen molar-refractivity contribution in [3.63, 3.8) is 0 Å². The minimum atomic E-state index is -0.223. The highest BCUT2D eigenvalue weighted by Crippen LogP contribution is 2.25. The maximum absolute atomic E-state index is 13.6. The van der Waals surface area contributed by atoms with E-state index in [4.69, 9.17) is 11.6 Å². The average molecular weight is 390 g/mol. The lowest BCUT2D eigenvalue weighted by Crippen LogP contribution is -2.49. The number of piperazine rings is 1. The van der Waals surface area contributed by atoms with E-state index in [0.717, 1.165) is 36.9 Å². The molecule has 4 nitrogen and oxygen atoms in total. The zero-order valence-electron chi connectivity index (χ0n) is 15.5. The molecule has 1 saturated heterocycles. The highest BCUT2D eigenvalue weighted by atomic mass is 35.5. The number of carbonyl (C=O) groups excluding carboxylic acids is 1. The van der Waals surface area contributed by atoms with Crippen LogP contribution in [0.5, 0.6) is 0 Å². The molecule has 0 saturated carbocycles. The van der Waals surface area contributed by atoms with E-state index < -0.39 is 0 Å². The van der Waals surface area contributed by atoms with Gasteiger partial charge in [0.25, 0.3) is 0 Å². The van der Waals surface area contributed by atoms with Gasteiger partial charge >= 0.3 is 0 Å². The number of nitrogens with zero attached hydrogens (tertiary/aromatic N) is 2. The molecule has 1 heterocycles. The highest BCUT2D eigenvalue weighted by molar-refractivity contribution is 6.30. The second-order valence-corrected chi connectivity index (χ2v) is 7.32. The van der Waals surface area contributed by atoms with Gasteiger partial charge in [0.2, 0.25) is 5.91 Å². The van der Waals surface area contributed by atoms with Crippen LogP contribution < -0.4 is 10.2 Å². The molecule has 0 atom stereocenters. The fraction of sp³-hybridized carbons (Fsp3) is 0.381. The second kappa shape index (κ2) is 9.20. The lowest BCUT2D eigenvalue weighted by molar-refractivity contribution is -0.122. The molecule has 0 unspecified atom stereocenters. The molecular weight excluding hydrogens is 365 g/mol.